The Bertz CT molecular complexity index is 501. The fourth-order valence-electron chi connectivity index (χ4n) is 1.68. The van der Waals surface area contributed by atoms with E-state index in [9.17, 15) is 4.39 Å². The summed E-state index contributed by atoms with van der Waals surface area (Å²) < 4.78 is 13.5. The molecule has 0 bridgehead atoms. The number of aliphatic hydroxyl groups is 1. The lowest BCUT2D eigenvalue weighted by molar-refractivity contribution is 0.391. The van der Waals surface area contributed by atoms with Crippen molar-refractivity contribution in [2.45, 2.75) is 12.8 Å². The molecule has 0 aliphatic heterocycles. The highest BCUT2D eigenvalue weighted by Crippen LogP contribution is 2.22. The van der Waals surface area contributed by atoms with Crippen LogP contribution in [0.25, 0.3) is 10.9 Å². The number of H-pyrrole nitrogens is 1. The SMILES string of the molecule is C=C(O)CCc1c[nH]c2cccc(F)c12. The van der Waals surface area contributed by atoms with Crippen molar-refractivity contribution in [3.63, 3.8) is 0 Å². The number of rotatable bonds is 3. The molecule has 2 N–H and O–H groups in total. The first-order valence-corrected chi connectivity index (χ1v) is 4.79. The maximum absolute atomic E-state index is 13.5. The third-order valence-corrected chi connectivity index (χ3v) is 2.42. The molecule has 2 rings (SSSR count). The minimum atomic E-state index is -0.229. The smallest absolute Gasteiger partial charge is 0.132 e. The van der Waals surface area contributed by atoms with Crippen molar-refractivity contribution in [2.75, 3.05) is 0 Å². The van der Waals surface area contributed by atoms with E-state index in [1.807, 2.05) is 6.07 Å². The minimum Gasteiger partial charge on any atom is -0.513 e. The average Bonchev–Trinajstić information content (AvgIpc) is 2.59. The Morgan fingerprint density at radius 3 is 3.00 bits per heavy atom. The Balaban J connectivity index is 2.39. The van der Waals surface area contributed by atoms with E-state index in [4.69, 9.17) is 5.11 Å². The molecule has 1 aromatic carbocycles. The first-order chi connectivity index (χ1) is 7.18. The van der Waals surface area contributed by atoms with Crippen molar-refractivity contribution < 1.29 is 9.50 Å². The van der Waals surface area contributed by atoms with Crippen molar-refractivity contribution in [3.8, 4) is 0 Å². The zero-order valence-corrected chi connectivity index (χ0v) is 8.26. The zero-order chi connectivity index (χ0) is 10.8. The lowest BCUT2D eigenvalue weighted by atomic mass is 10.1. The summed E-state index contributed by atoms with van der Waals surface area (Å²) in [5.74, 6) is -0.104. The summed E-state index contributed by atoms with van der Waals surface area (Å²) in [5.41, 5.74) is 1.66. The van der Waals surface area contributed by atoms with Crippen LogP contribution in [0.5, 0.6) is 0 Å². The van der Waals surface area contributed by atoms with Gasteiger partial charge in [0.05, 0.1) is 5.76 Å². The molecule has 1 heterocycles. The first-order valence-electron chi connectivity index (χ1n) is 4.79. The molecule has 0 aliphatic rings. The second-order valence-electron chi connectivity index (χ2n) is 3.54. The van der Waals surface area contributed by atoms with E-state index in [0.29, 0.717) is 18.2 Å². The topological polar surface area (TPSA) is 36.0 Å². The van der Waals surface area contributed by atoms with Crippen LogP contribution < -0.4 is 0 Å². The molecule has 78 valence electrons. The Morgan fingerprint density at radius 1 is 1.47 bits per heavy atom. The summed E-state index contributed by atoms with van der Waals surface area (Å²) in [6, 6.07) is 4.94. The van der Waals surface area contributed by atoms with Crippen molar-refractivity contribution in [3.05, 3.63) is 48.1 Å². The van der Waals surface area contributed by atoms with Crippen LogP contribution in [0.3, 0.4) is 0 Å². The monoisotopic (exact) mass is 205 g/mol. The number of hydrogen-bond acceptors (Lipinski definition) is 1. The summed E-state index contributed by atoms with van der Waals surface area (Å²) in [4.78, 5) is 3.00. The number of aromatic amines is 1. The molecule has 0 saturated carbocycles. The van der Waals surface area contributed by atoms with Crippen molar-refractivity contribution in [2.24, 2.45) is 0 Å². The summed E-state index contributed by atoms with van der Waals surface area (Å²) in [6.07, 6.45) is 2.83. The van der Waals surface area contributed by atoms with Crippen LogP contribution in [0.2, 0.25) is 0 Å². The molecule has 0 spiro atoms. The molecule has 2 aromatic rings. The lowest BCUT2D eigenvalue weighted by Crippen LogP contribution is -1.87. The standard InChI is InChI=1S/C12H12FNO/c1-8(15)5-6-9-7-14-11-4-2-3-10(13)12(9)11/h2-4,7,14-15H,1,5-6H2. The van der Waals surface area contributed by atoms with E-state index in [0.717, 1.165) is 11.1 Å². The third-order valence-electron chi connectivity index (χ3n) is 2.42. The number of benzene rings is 1. The summed E-state index contributed by atoms with van der Waals surface area (Å²) in [5, 5.41) is 9.60. The number of aryl methyl sites for hydroxylation is 1. The van der Waals surface area contributed by atoms with E-state index < -0.39 is 0 Å². The number of aromatic nitrogens is 1. The number of halogens is 1. The Labute approximate surface area is 87.1 Å². The van der Waals surface area contributed by atoms with Gasteiger partial charge in [-0.15, -0.1) is 0 Å². The summed E-state index contributed by atoms with van der Waals surface area (Å²) >= 11 is 0. The van der Waals surface area contributed by atoms with Crippen LogP contribution in [0.4, 0.5) is 4.39 Å². The predicted molar refractivity (Wildman–Crippen MR) is 58.3 cm³/mol. The highest BCUT2D eigenvalue weighted by Gasteiger charge is 2.08. The second kappa shape index (κ2) is 3.77. The van der Waals surface area contributed by atoms with Gasteiger partial charge in [-0.25, -0.2) is 4.39 Å². The van der Waals surface area contributed by atoms with Crippen molar-refractivity contribution in [1.29, 1.82) is 0 Å². The van der Waals surface area contributed by atoms with Gasteiger partial charge in [0.1, 0.15) is 5.82 Å². The molecular weight excluding hydrogens is 193 g/mol. The van der Waals surface area contributed by atoms with Gasteiger partial charge in [0, 0.05) is 23.5 Å². The highest BCUT2D eigenvalue weighted by atomic mass is 19.1. The third kappa shape index (κ3) is 1.86. The molecule has 0 fully saturated rings. The predicted octanol–water partition coefficient (Wildman–Crippen LogP) is 3.31. The van der Waals surface area contributed by atoms with Crippen LogP contribution >= 0.6 is 0 Å². The molecule has 1 aromatic heterocycles. The normalized spacial score (nSPS) is 10.7. The molecule has 0 atom stereocenters. The zero-order valence-electron chi connectivity index (χ0n) is 8.26. The van der Waals surface area contributed by atoms with E-state index in [1.165, 1.54) is 6.07 Å². The number of fused-ring (bicyclic) bond motifs is 1. The van der Waals surface area contributed by atoms with Gasteiger partial charge < -0.3 is 10.1 Å². The molecule has 0 saturated heterocycles. The fourth-order valence-corrected chi connectivity index (χ4v) is 1.68. The maximum atomic E-state index is 13.5. The van der Waals surface area contributed by atoms with Gasteiger partial charge in [0.25, 0.3) is 0 Å². The van der Waals surface area contributed by atoms with Crippen molar-refractivity contribution >= 4 is 10.9 Å². The number of hydrogen-bond donors (Lipinski definition) is 2. The van der Waals surface area contributed by atoms with E-state index >= 15 is 0 Å². The van der Waals surface area contributed by atoms with Crippen LogP contribution in [-0.2, 0) is 6.42 Å². The van der Waals surface area contributed by atoms with Crippen LogP contribution in [0.1, 0.15) is 12.0 Å². The van der Waals surface area contributed by atoms with Gasteiger partial charge in [0.15, 0.2) is 0 Å². The number of nitrogens with one attached hydrogen (secondary N) is 1. The lowest BCUT2D eigenvalue weighted by Gasteiger charge is -1.99. The van der Waals surface area contributed by atoms with Gasteiger partial charge in [-0.2, -0.15) is 0 Å². The first kappa shape index (κ1) is 9.77. The second-order valence-corrected chi connectivity index (χ2v) is 3.54. The van der Waals surface area contributed by atoms with Crippen LogP contribution in [-0.4, -0.2) is 10.1 Å². The van der Waals surface area contributed by atoms with Gasteiger partial charge in [-0.1, -0.05) is 12.6 Å². The maximum Gasteiger partial charge on any atom is 0.132 e. The van der Waals surface area contributed by atoms with Crippen molar-refractivity contribution in [1.82, 2.24) is 4.98 Å². The molecule has 3 heteroatoms. The van der Waals surface area contributed by atoms with Crippen LogP contribution in [0, 0.1) is 5.82 Å². The molecule has 0 unspecified atom stereocenters. The minimum absolute atomic E-state index is 0.126. The van der Waals surface area contributed by atoms with Crippen LogP contribution in [0.15, 0.2) is 36.7 Å². The van der Waals surface area contributed by atoms with E-state index in [-0.39, 0.29) is 11.6 Å². The van der Waals surface area contributed by atoms with E-state index in [2.05, 4.69) is 11.6 Å². The van der Waals surface area contributed by atoms with Gasteiger partial charge >= 0.3 is 0 Å². The Kier molecular flexibility index (Phi) is 2.46. The molecule has 0 aliphatic carbocycles. The average molecular weight is 205 g/mol. The Hall–Kier alpha value is -1.77. The Morgan fingerprint density at radius 2 is 2.27 bits per heavy atom. The molecule has 0 radical (unpaired) electrons. The largest absolute Gasteiger partial charge is 0.513 e. The molecule has 2 nitrogen and oxygen atoms in total. The van der Waals surface area contributed by atoms with E-state index in [1.54, 1.807) is 12.3 Å². The summed E-state index contributed by atoms with van der Waals surface area (Å²) in [6.45, 7) is 3.41. The molecular formula is C12H12FNO. The molecule has 15 heavy (non-hydrogen) atoms. The summed E-state index contributed by atoms with van der Waals surface area (Å²) in [7, 11) is 0. The fraction of sp³-hybridized carbons (Fsp3) is 0.167. The van der Waals surface area contributed by atoms with Gasteiger partial charge in [-0.05, 0) is 24.1 Å². The quantitative estimate of drug-likeness (QED) is 0.741. The highest BCUT2D eigenvalue weighted by molar-refractivity contribution is 5.83. The van der Waals surface area contributed by atoms with Gasteiger partial charge in [-0.3, -0.25) is 0 Å². The number of aliphatic hydroxyl groups excluding tert-OH is 1. The number of allylic oxidation sites excluding steroid dienone is 1. The van der Waals surface area contributed by atoms with Gasteiger partial charge in [0.2, 0.25) is 0 Å². The molecule has 0 amide bonds.